The highest BCUT2D eigenvalue weighted by molar-refractivity contribution is 5.14. The monoisotopic (exact) mass is 272 g/mol. The Kier molecular flexibility index (Phi) is 5.10. The van der Waals surface area contributed by atoms with Crippen molar-refractivity contribution in [3.05, 3.63) is 35.9 Å². The number of rotatable bonds is 7. The van der Waals surface area contributed by atoms with E-state index in [-0.39, 0.29) is 0 Å². The summed E-state index contributed by atoms with van der Waals surface area (Å²) >= 11 is 0. The predicted molar refractivity (Wildman–Crippen MR) is 85.0 cm³/mol. The van der Waals surface area contributed by atoms with Gasteiger partial charge in [0, 0.05) is 18.6 Å². The van der Waals surface area contributed by atoms with Crippen LogP contribution in [0.4, 0.5) is 0 Å². The topological polar surface area (TPSA) is 15.3 Å². The van der Waals surface area contributed by atoms with E-state index in [1.54, 1.807) is 0 Å². The first-order chi connectivity index (χ1) is 9.92. The molecule has 3 rings (SSSR count). The Hall–Kier alpha value is -0.860. The number of nitrogens with zero attached hydrogens (tertiary/aromatic N) is 1. The van der Waals surface area contributed by atoms with Crippen LogP contribution in [-0.2, 0) is 6.42 Å². The average molecular weight is 272 g/mol. The highest BCUT2D eigenvalue weighted by Gasteiger charge is 2.30. The van der Waals surface area contributed by atoms with Crippen LogP contribution < -0.4 is 5.32 Å². The number of hydrogen-bond donors (Lipinski definition) is 1. The van der Waals surface area contributed by atoms with Crippen molar-refractivity contribution in [3.8, 4) is 0 Å². The lowest BCUT2D eigenvalue weighted by molar-refractivity contribution is 0.213. The van der Waals surface area contributed by atoms with Crippen LogP contribution in [0.3, 0.4) is 0 Å². The molecule has 0 aromatic heterocycles. The number of benzene rings is 1. The van der Waals surface area contributed by atoms with Crippen LogP contribution in [0.1, 0.15) is 44.1 Å². The molecule has 1 aromatic carbocycles. The van der Waals surface area contributed by atoms with Gasteiger partial charge < -0.3 is 5.32 Å². The van der Waals surface area contributed by atoms with Gasteiger partial charge in [0.25, 0.3) is 0 Å². The Labute approximate surface area is 123 Å². The van der Waals surface area contributed by atoms with E-state index in [0.717, 1.165) is 12.1 Å². The van der Waals surface area contributed by atoms with Crippen LogP contribution in [0.5, 0.6) is 0 Å². The zero-order chi connectivity index (χ0) is 13.6. The van der Waals surface area contributed by atoms with Crippen LogP contribution in [0.2, 0.25) is 0 Å². The van der Waals surface area contributed by atoms with Crippen LogP contribution >= 0.6 is 0 Å². The second kappa shape index (κ2) is 7.24. The van der Waals surface area contributed by atoms with Gasteiger partial charge in [-0.3, -0.25) is 4.90 Å². The molecule has 0 bridgehead atoms. The number of piperidine rings is 1. The molecule has 1 aliphatic carbocycles. The third kappa shape index (κ3) is 4.32. The lowest BCUT2D eigenvalue weighted by Crippen LogP contribution is -2.44. The predicted octanol–water partition coefficient (Wildman–Crippen LogP) is 3.23. The summed E-state index contributed by atoms with van der Waals surface area (Å²) in [6.45, 7) is 3.78. The molecule has 1 atom stereocenters. The molecule has 2 nitrogen and oxygen atoms in total. The minimum atomic E-state index is 0.751. The molecule has 1 heterocycles. The molecule has 2 fully saturated rings. The fourth-order valence-corrected chi connectivity index (χ4v) is 3.36. The molecule has 1 saturated carbocycles. The van der Waals surface area contributed by atoms with Gasteiger partial charge >= 0.3 is 0 Å². The van der Waals surface area contributed by atoms with E-state index in [9.17, 15) is 0 Å². The summed E-state index contributed by atoms with van der Waals surface area (Å²) in [5, 5.41) is 3.70. The first-order valence-corrected chi connectivity index (χ1v) is 8.43. The third-order valence-corrected chi connectivity index (χ3v) is 4.68. The molecular weight excluding hydrogens is 244 g/mol. The van der Waals surface area contributed by atoms with Crippen molar-refractivity contribution in [2.45, 2.75) is 57.0 Å². The standard InChI is InChI=1S/C18H28N2/c1-2-7-16(8-3-1)9-6-14-20(18-11-12-18)15-17-10-4-5-13-19-17/h1-3,7-8,17-19H,4-6,9-15H2. The highest BCUT2D eigenvalue weighted by atomic mass is 15.2. The van der Waals surface area contributed by atoms with E-state index < -0.39 is 0 Å². The summed E-state index contributed by atoms with van der Waals surface area (Å²) in [6, 6.07) is 12.6. The Morgan fingerprint density at radius 1 is 1.05 bits per heavy atom. The summed E-state index contributed by atoms with van der Waals surface area (Å²) in [4.78, 5) is 2.76. The SMILES string of the molecule is c1ccc(CCCN(CC2CCCCN2)C2CC2)cc1. The summed E-state index contributed by atoms with van der Waals surface area (Å²) in [7, 11) is 0. The largest absolute Gasteiger partial charge is 0.313 e. The lowest BCUT2D eigenvalue weighted by Gasteiger charge is -2.30. The number of aryl methyl sites for hydroxylation is 1. The van der Waals surface area contributed by atoms with Gasteiger partial charge in [-0.1, -0.05) is 36.8 Å². The molecule has 0 amide bonds. The lowest BCUT2D eigenvalue weighted by atomic mass is 10.0. The zero-order valence-electron chi connectivity index (χ0n) is 12.6. The van der Waals surface area contributed by atoms with E-state index in [1.807, 2.05) is 0 Å². The molecule has 1 aliphatic heterocycles. The van der Waals surface area contributed by atoms with Crippen molar-refractivity contribution >= 4 is 0 Å². The molecule has 1 unspecified atom stereocenters. The maximum absolute atomic E-state index is 3.70. The summed E-state index contributed by atoms with van der Waals surface area (Å²) in [5.74, 6) is 0. The van der Waals surface area contributed by atoms with Crippen LogP contribution in [0.15, 0.2) is 30.3 Å². The molecular formula is C18H28N2. The Bertz CT molecular complexity index is 380. The van der Waals surface area contributed by atoms with Gasteiger partial charge in [0.05, 0.1) is 0 Å². The minimum Gasteiger partial charge on any atom is -0.313 e. The highest BCUT2D eigenvalue weighted by Crippen LogP contribution is 2.28. The van der Waals surface area contributed by atoms with Crippen molar-refractivity contribution in [3.63, 3.8) is 0 Å². The first kappa shape index (κ1) is 14.1. The Balaban J connectivity index is 1.42. The fourth-order valence-electron chi connectivity index (χ4n) is 3.36. The number of nitrogens with one attached hydrogen (secondary N) is 1. The Morgan fingerprint density at radius 2 is 1.90 bits per heavy atom. The van der Waals surface area contributed by atoms with E-state index in [2.05, 4.69) is 40.5 Å². The maximum atomic E-state index is 3.70. The van der Waals surface area contributed by atoms with Crippen molar-refractivity contribution in [2.75, 3.05) is 19.6 Å². The van der Waals surface area contributed by atoms with E-state index in [1.165, 1.54) is 70.1 Å². The van der Waals surface area contributed by atoms with Crippen molar-refractivity contribution < 1.29 is 0 Å². The quantitative estimate of drug-likeness (QED) is 0.820. The number of hydrogen-bond acceptors (Lipinski definition) is 2. The second-order valence-corrected chi connectivity index (χ2v) is 6.46. The smallest absolute Gasteiger partial charge is 0.0195 e. The summed E-state index contributed by atoms with van der Waals surface area (Å²) < 4.78 is 0. The summed E-state index contributed by atoms with van der Waals surface area (Å²) in [5.41, 5.74) is 1.49. The van der Waals surface area contributed by atoms with Crippen molar-refractivity contribution in [2.24, 2.45) is 0 Å². The molecule has 2 heteroatoms. The molecule has 1 N–H and O–H groups in total. The van der Waals surface area contributed by atoms with E-state index in [0.29, 0.717) is 0 Å². The third-order valence-electron chi connectivity index (χ3n) is 4.68. The van der Waals surface area contributed by atoms with Gasteiger partial charge in [0.1, 0.15) is 0 Å². The minimum absolute atomic E-state index is 0.751. The van der Waals surface area contributed by atoms with Gasteiger partial charge in [0.2, 0.25) is 0 Å². The molecule has 110 valence electrons. The van der Waals surface area contributed by atoms with Crippen molar-refractivity contribution in [1.29, 1.82) is 0 Å². The van der Waals surface area contributed by atoms with Gasteiger partial charge in [0.15, 0.2) is 0 Å². The molecule has 2 aliphatic rings. The average Bonchev–Trinajstić information content (AvgIpc) is 3.33. The van der Waals surface area contributed by atoms with Crippen molar-refractivity contribution in [1.82, 2.24) is 10.2 Å². The van der Waals surface area contributed by atoms with E-state index in [4.69, 9.17) is 0 Å². The van der Waals surface area contributed by atoms with Crippen LogP contribution in [0, 0.1) is 0 Å². The molecule has 0 radical (unpaired) electrons. The molecule has 1 saturated heterocycles. The van der Waals surface area contributed by atoms with Gasteiger partial charge in [-0.2, -0.15) is 0 Å². The van der Waals surface area contributed by atoms with Gasteiger partial charge in [-0.25, -0.2) is 0 Å². The van der Waals surface area contributed by atoms with Crippen LogP contribution in [0.25, 0.3) is 0 Å². The fraction of sp³-hybridized carbons (Fsp3) is 0.667. The summed E-state index contributed by atoms with van der Waals surface area (Å²) in [6.07, 6.45) is 9.54. The molecule has 1 aromatic rings. The van der Waals surface area contributed by atoms with Crippen LogP contribution in [-0.4, -0.2) is 36.6 Å². The molecule has 0 spiro atoms. The maximum Gasteiger partial charge on any atom is 0.0195 e. The Morgan fingerprint density at radius 3 is 2.60 bits per heavy atom. The van der Waals surface area contributed by atoms with Gasteiger partial charge in [-0.05, 0) is 57.2 Å². The second-order valence-electron chi connectivity index (χ2n) is 6.46. The molecule has 20 heavy (non-hydrogen) atoms. The van der Waals surface area contributed by atoms with Gasteiger partial charge in [-0.15, -0.1) is 0 Å². The van der Waals surface area contributed by atoms with E-state index >= 15 is 0 Å². The zero-order valence-corrected chi connectivity index (χ0v) is 12.6. The first-order valence-electron chi connectivity index (χ1n) is 8.43. The normalized spacial score (nSPS) is 23.1.